The van der Waals surface area contributed by atoms with Gasteiger partial charge in [-0.3, -0.25) is 4.72 Å². The molecule has 6 nitrogen and oxygen atoms in total. The number of thiazole rings is 1. The fraction of sp³-hybridized carbons (Fsp3) is 0.211. The molecule has 11 heteroatoms. The molecule has 0 bridgehead atoms. The van der Waals surface area contributed by atoms with Gasteiger partial charge in [-0.05, 0) is 30.3 Å². The van der Waals surface area contributed by atoms with Crippen molar-refractivity contribution in [1.29, 1.82) is 0 Å². The molecule has 0 aliphatic carbocycles. The maximum Gasteiger partial charge on any atom is 0.416 e. The van der Waals surface area contributed by atoms with E-state index in [4.69, 9.17) is 4.74 Å². The van der Waals surface area contributed by atoms with Gasteiger partial charge in [0.1, 0.15) is 12.4 Å². The second-order valence-corrected chi connectivity index (χ2v) is 8.44. The lowest BCUT2D eigenvalue weighted by Crippen LogP contribution is -2.29. The van der Waals surface area contributed by atoms with Gasteiger partial charge in [0, 0.05) is 28.9 Å². The van der Waals surface area contributed by atoms with Crippen LogP contribution in [0.15, 0.2) is 52.9 Å². The molecule has 2 heterocycles. The van der Waals surface area contributed by atoms with E-state index in [0.717, 1.165) is 12.1 Å². The van der Waals surface area contributed by atoms with E-state index in [-0.39, 0.29) is 12.2 Å². The van der Waals surface area contributed by atoms with Gasteiger partial charge in [0.2, 0.25) is 0 Å². The number of ether oxygens (including phenoxy) is 1. The molecular weight excluding hydrogens is 439 g/mol. The molecule has 1 atom stereocenters. The molecule has 1 unspecified atom stereocenters. The zero-order valence-corrected chi connectivity index (χ0v) is 17.0. The summed E-state index contributed by atoms with van der Waals surface area (Å²) in [6.07, 6.45) is -2.89. The highest BCUT2D eigenvalue weighted by atomic mass is 32.2. The molecule has 1 aromatic heterocycles. The number of alkyl halides is 3. The quantitative estimate of drug-likeness (QED) is 0.600. The highest BCUT2D eigenvalue weighted by Crippen LogP contribution is 2.41. The normalized spacial score (nSPS) is 14.7. The van der Waals surface area contributed by atoms with E-state index in [0.29, 0.717) is 33.7 Å². The molecule has 0 amide bonds. The van der Waals surface area contributed by atoms with Gasteiger partial charge in [-0.15, -0.1) is 11.3 Å². The SMILES string of the molecule is O=S(Nc1nccs1)c1ccc2c(c1)OCCN2c1ccc(C(F)(F)F)cc1CO. The molecule has 2 aromatic carbocycles. The predicted octanol–water partition coefficient (Wildman–Crippen LogP) is 4.32. The largest absolute Gasteiger partial charge is 0.489 e. The summed E-state index contributed by atoms with van der Waals surface area (Å²) in [4.78, 5) is 6.29. The van der Waals surface area contributed by atoms with Crippen LogP contribution in [0.2, 0.25) is 0 Å². The lowest BCUT2D eigenvalue weighted by atomic mass is 10.1. The van der Waals surface area contributed by atoms with Gasteiger partial charge in [-0.1, -0.05) is 0 Å². The summed E-state index contributed by atoms with van der Waals surface area (Å²) in [5, 5.41) is 11.9. The Hall–Kier alpha value is -2.63. The summed E-state index contributed by atoms with van der Waals surface area (Å²) in [5.74, 6) is 0.455. The number of anilines is 3. The van der Waals surface area contributed by atoms with Crippen LogP contribution in [-0.4, -0.2) is 27.5 Å². The van der Waals surface area contributed by atoms with E-state index >= 15 is 0 Å². The summed E-state index contributed by atoms with van der Waals surface area (Å²) in [6, 6.07) is 8.27. The van der Waals surface area contributed by atoms with Crippen LogP contribution in [0.1, 0.15) is 11.1 Å². The molecule has 1 aliphatic rings. The average molecular weight is 455 g/mol. The Morgan fingerprint density at radius 2 is 2.03 bits per heavy atom. The Bertz CT molecular complexity index is 1070. The van der Waals surface area contributed by atoms with Crippen LogP contribution < -0.4 is 14.4 Å². The monoisotopic (exact) mass is 455 g/mol. The summed E-state index contributed by atoms with van der Waals surface area (Å²) in [7, 11) is -1.55. The van der Waals surface area contributed by atoms with E-state index in [1.165, 1.54) is 17.4 Å². The fourth-order valence-corrected chi connectivity index (χ4v) is 4.66. The Balaban J connectivity index is 1.65. The third-order valence-corrected chi connectivity index (χ3v) is 6.37. The average Bonchev–Trinajstić information content (AvgIpc) is 3.24. The van der Waals surface area contributed by atoms with Crippen LogP contribution in [0.3, 0.4) is 0 Å². The number of aliphatic hydroxyl groups excluding tert-OH is 1. The van der Waals surface area contributed by atoms with Gasteiger partial charge in [-0.2, -0.15) is 13.2 Å². The topological polar surface area (TPSA) is 74.7 Å². The zero-order chi connectivity index (χ0) is 21.3. The number of halogens is 3. The number of hydrogen-bond acceptors (Lipinski definition) is 6. The molecule has 4 rings (SSSR count). The van der Waals surface area contributed by atoms with Crippen molar-refractivity contribution >= 4 is 38.8 Å². The second-order valence-electron chi connectivity index (χ2n) is 6.34. The van der Waals surface area contributed by atoms with Crippen molar-refractivity contribution in [1.82, 2.24) is 4.98 Å². The molecule has 0 saturated carbocycles. The first-order chi connectivity index (χ1) is 14.4. The maximum absolute atomic E-state index is 13.0. The van der Waals surface area contributed by atoms with Crippen LogP contribution in [0.5, 0.6) is 5.75 Å². The van der Waals surface area contributed by atoms with Crippen LogP contribution in [0.4, 0.5) is 29.7 Å². The number of rotatable bonds is 5. The first kappa shape index (κ1) is 20.6. The summed E-state index contributed by atoms with van der Waals surface area (Å²) >= 11 is 1.32. The van der Waals surface area contributed by atoms with Crippen LogP contribution in [0, 0.1) is 0 Å². The Morgan fingerprint density at radius 3 is 2.73 bits per heavy atom. The van der Waals surface area contributed by atoms with Gasteiger partial charge in [0.25, 0.3) is 0 Å². The summed E-state index contributed by atoms with van der Waals surface area (Å²) in [5.41, 5.74) is 0.425. The van der Waals surface area contributed by atoms with Crippen molar-refractivity contribution in [3.63, 3.8) is 0 Å². The Morgan fingerprint density at radius 1 is 1.23 bits per heavy atom. The van der Waals surface area contributed by atoms with Crippen molar-refractivity contribution in [3.8, 4) is 5.75 Å². The van der Waals surface area contributed by atoms with Crippen LogP contribution >= 0.6 is 11.3 Å². The van der Waals surface area contributed by atoms with Gasteiger partial charge >= 0.3 is 6.18 Å². The first-order valence-corrected chi connectivity index (χ1v) is 10.8. The van der Waals surface area contributed by atoms with E-state index in [1.54, 1.807) is 34.7 Å². The van der Waals surface area contributed by atoms with E-state index < -0.39 is 29.3 Å². The number of fused-ring (bicyclic) bond motifs is 1. The minimum atomic E-state index is -4.49. The minimum absolute atomic E-state index is 0.163. The number of aromatic nitrogens is 1. The Kier molecular flexibility index (Phi) is 5.67. The van der Waals surface area contributed by atoms with Gasteiger partial charge in [0.15, 0.2) is 16.1 Å². The lowest BCUT2D eigenvalue weighted by Gasteiger charge is -2.33. The standard InChI is InChI=1S/C19H16F3N3O3S2/c20-19(21,22)13-1-3-15(12(9-13)11-26)25-6-7-28-17-10-14(2-4-16(17)25)30(27)24-18-23-5-8-29-18/h1-5,8-10,26H,6-7,11H2,(H,23,24). The number of nitrogens with zero attached hydrogens (tertiary/aromatic N) is 2. The molecule has 158 valence electrons. The second kappa shape index (κ2) is 8.25. The highest BCUT2D eigenvalue weighted by molar-refractivity contribution is 7.86. The minimum Gasteiger partial charge on any atom is -0.489 e. The molecule has 3 aromatic rings. The zero-order valence-electron chi connectivity index (χ0n) is 15.3. The van der Waals surface area contributed by atoms with Crippen molar-refractivity contribution in [2.75, 3.05) is 22.8 Å². The lowest BCUT2D eigenvalue weighted by molar-refractivity contribution is -0.137. The van der Waals surface area contributed by atoms with Crippen LogP contribution in [0.25, 0.3) is 0 Å². The van der Waals surface area contributed by atoms with Crippen LogP contribution in [-0.2, 0) is 23.8 Å². The number of nitrogens with one attached hydrogen (secondary N) is 1. The molecule has 0 spiro atoms. The Labute approximate surface area is 176 Å². The van der Waals surface area contributed by atoms with E-state index in [1.807, 2.05) is 0 Å². The molecule has 1 aliphatic heterocycles. The molecule has 0 saturated heterocycles. The fourth-order valence-electron chi connectivity index (χ4n) is 3.13. The van der Waals surface area contributed by atoms with Crippen molar-refractivity contribution < 1.29 is 27.2 Å². The third-order valence-electron chi connectivity index (χ3n) is 4.49. The molecular formula is C19H16F3N3O3S2. The third kappa shape index (κ3) is 4.13. The number of hydrogen-bond donors (Lipinski definition) is 2. The van der Waals surface area contributed by atoms with Gasteiger partial charge < -0.3 is 14.7 Å². The first-order valence-electron chi connectivity index (χ1n) is 8.80. The predicted molar refractivity (Wildman–Crippen MR) is 108 cm³/mol. The number of benzene rings is 2. The summed E-state index contributed by atoms with van der Waals surface area (Å²) < 4.78 is 60.1. The maximum atomic E-state index is 13.0. The van der Waals surface area contributed by atoms with Crippen molar-refractivity contribution in [2.45, 2.75) is 17.7 Å². The highest BCUT2D eigenvalue weighted by Gasteiger charge is 2.32. The van der Waals surface area contributed by atoms with Gasteiger partial charge in [0.05, 0.1) is 29.3 Å². The van der Waals surface area contributed by atoms with Crippen molar-refractivity contribution in [2.24, 2.45) is 0 Å². The molecule has 30 heavy (non-hydrogen) atoms. The van der Waals surface area contributed by atoms with Gasteiger partial charge in [-0.25, -0.2) is 9.19 Å². The summed E-state index contributed by atoms with van der Waals surface area (Å²) in [6.45, 7) is 0.145. The molecule has 2 N–H and O–H groups in total. The molecule has 0 fully saturated rings. The smallest absolute Gasteiger partial charge is 0.416 e. The van der Waals surface area contributed by atoms with Crippen molar-refractivity contribution in [3.05, 3.63) is 59.1 Å². The van der Waals surface area contributed by atoms with E-state index in [2.05, 4.69) is 9.71 Å². The molecule has 0 radical (unpaired) electrons. The van der Waals surface area contributed by atoms with E-state index in [9.17, 15) is 22.5 Å². The number of aliphatic hydroxyl groups is 1.